The zero-order chi connectivity index (χ0) is 23.0. The van der Waals surface area contributed by atoms with E-state index in [2.05, 4.69) is 10.6 Å². The van der Waals surface area contributed by atoms with Crippen LogP contribution in [0, 0.1) is 0 Å². The van der Waals surface area contributed by atoms with Crippen molar-refractivity contribution in [2.45, 2.75) is 38.4 Å². The van der Waals surface area contributed by atoms with Gasteiger partial charge in [0.05, 0.1) is 5.56 Å². The lowest BCUT2D eigenvalue weighted by molar-refractivity contribution is -0.137. The van der Waals surface area contributed by atoms with Gasteiger partial charge in [-0.3, -0.25) is 14.5 Å². The van der Waals surface area contributed by atoms with Crippen molar-refractivity contribution in [1.29, 1.82) is 0 Å². The molecule has 6 nitrogen and oxygen atoms in total. The standard InChI is InChI=1S/C22H22F3N3O3/c1-13(2)14-4-6-15(7-5-14)21(3)19(30)28(20(31)27-21)12-18(29)26-17-10-8-16(9-11-17)22(23,24)25/h4-11,13H,12H2,1-3H3,(H,26,29)(H,27,31). The maximum Gasteiger partial charge on any atom is 0.416 e. The quantitative estimate of drug-likeness (QED) is 0.693. The Hall–Kier alpha value is -3.36. The number of carbonyl (C=O) groups is 3. The van der Waals surface area contributed by atoms with E-state index in [-0.39, 0.29) is 5.69 Å². The molecule has 2 N–H and O–H groups in total. The summed E-state index contributed by atoms with van der Waals surface area (Å²) in [7, 11) is 0. The van der Waals surface area contributed by atoms with Crippen LogP contribution in [0.2, 0.25) is 0 Å². The molecule has 0 aliphatic carbocycles. The molecule has 0 bridgehead atoms. The number of amides is 4. The number of benzene rings is 2. The molecule has 1 unspecified atom stereocenters. The van der Waals surface area contributed by atoms with Crippen LogP contribution in [0.1, 0.15) is 43.4 Å². The van der Waals surface area contributed by atoms with Crippen LogP contribution in [-0.4, -0.2) is 29.3 Å². The summed E-state index contributed by atoms with van der Waals surface area (Å²) in [6.45, 7) is 5.07. The molecule has 0 aromatic heterocycles. The van der Waals surface area contributed by atoms with E-state index in [1.54, 1.807) is 19.1 Å². The summed E-state index contributed by atoms with van der Waals surface area (Å²) in [4.78, 5) is 38.4. The number of hydrogen-bond donors (Lipinski definition) is 2. The molecular weight excluding hydrogens is 411 g/mol. The van der Waals surface area contributed by atoms with E-state index in [1.165, 1.54) is 0 Å². The number of nitrogens with zero attached hydrogens (tertiary/aromatic N) is 1. The summed E-state index contributed by atoms with van der Waals surface area (Å²) in [5.41, 5.74) is -0.380. The largest absolute Gasteiger partial charge is 0.416 e. The van der Waals surface area contributed by atoms with E-state index in [0.717, 1.165) is 34.7 Å². The van der Waals surface area contributed by atoms with Crippen molar-refractivity contribution in [3.63, 3.8) is 0 Å². The van der Waals surface area contributed by atoms with Crippen LogP contribution in [0.4, 0.5) is 23.7 Å². The van der Waals surface area contributed by atoms with Gasteiger partial charge in [-0.25, -0.2) is 4.79 Å². The summed E-state index contributed by atoms with van der Waals surface area (Å²) in [6.07, 6.45) is -4.49. The minimum atomic E-state index is -4.49. The van der Waals surface area contributed by atoms with Gasteiger partial charge in [0.2, 0.25) is 5.91 Å². The van der Waals surface area contributed by atoms with Crippen molar-refractivity contribution in [2.75, 3.05) is 11.9 Å². The molecule has 2 aromatic carbocycles. The third-order valence-electron chi connectivity index (χ3n) is 5.23. The smallest absolute Gasteiger partial charge is 0.325 e. The van der Waals surface area contributed by atoms with Crippen LogP contribution in [0.15, 0.2) is 48.5 Å². The van der Waals surface area contributed by atoms with E-state index < -0.39 is 41.7 Å². The Kier molecular flexibility index (Phi) is 5.80. The Bertz CT molecular complexity index is 1000. The van der Waals surface area contributed by atoms with Crippen molar-refractivity contribution in [1.82, 2.24) is 10.2 Å². The minimum absolute atomic E-state index is 0.122. The zero-order valence-electron chi connectivity index (χ0n) is 17.2. The van der Waals surface area contributed by atoms with Crippen molar-refractivity contribution < 1.29 is 27.6 Å². The number of anilines is 1. The van der Waals surface area contributed by atoms with Crippen molar-refractivity contribution >= 4 is 23.5 Å². The monoisotopic (exact) mass is 433 g/mol. The van der Waals surface area contributed by atoms with Crippen LogP contribution in [0.5, 0.6) is 0 Å². The summed E-state index contributed by atoms with van der Waals surface area (Å²) in [5, 5.41) is 5.02. The van der Waals surface area contributed by atoms with Gasteiger partial charge in [-0.15, -0.1) is 0 Å². The number of halogens is 3. The fraction of sp³-hybridized carbons (Fsp3) is 0.318. The highest BCUT2D eigenvalue weighted by Gasteiger charge is 2.49. The number of rotatable bonds is 5. The number of alkyl halides is 3. The van der Waals surface area contributed by atoms with E-state index in [9.17, 15) is 27.6 Å². The molecule has 164 valence electrons. The highest BCUT2D eigenvalue weighted by Crippen LogP contribution is 2.31. The minimum Gasteiger partial charge on any atom is -0.325 e. The van der Waals surface area contributed by atoms with E-state index in [4.69, 9.17) is 0 Å². The number of nitrogens with one attached hydrogen (secondary N) is 2. The van der Waals surface area contributed by atoms with Gasteiger partial charge in [0.1, 0.15) is 12.1 Å². The lowest BCUT2D eigenvalue weighted by Gasteiger charge is -2.22. The third kappa shape index (κ3) is 4.55. The first-order valence-electron chi connectivity index (χ1n) is 9.63. The van der Waals surface area contributed by atoms with Gasteiger partial charge in [0.15, 0.2) is 0 Å². The molecule has 1 saturated heterocycles. The number of urea groups is 1. The van der Waals surface area contributed by atoms with Gasteiger partial charge in [-0.1, -0.05) is 38.1 Å². The molecule has 1 aliphatic heterocycles. The van der Waals surface area contributed by atoms with E-state index in [1.807, 2.05) is 26.0 Å². The predicted molar refractivity (Wildman–Crippen MR) is 108 cm³/mol. The van der Waals surface area contributed by atoms with Crippen LogP contribution < -0.4 is 10.6 Å². The first-order valence-corrected chi connectivity index (χ1v) is 9.63. The zero-order valence-corrected chi connectivity index (χ0v) is 17.2. The van der Waals surface area contributed by atoms with Crippen LogP contribution in [0.3, 0.4) is 0 Å². The summed E-state index contributed by atoms with van der Waals surface area (Å²) < 4.78 is 37.9. The Morgan fingerprint density at radius 2 is 1.65 bits per heavy atom. The van der Waals surface area contributed by atoms with Gasteiger partial charge >= 0.3 is 12.2 Å². The molecule has 1 aliphatic rings. The van der Waals surface area contributed by atoms with Gasteiger partial charge in [-0.2, -0.15) is 13.2 Å². The number of imide groups is 1. The molecule has 1 fully saturated rings. The Labute approximate surface area is 177 Å². The lowest BCUT2D eigenvalue weighted by atomic mass is 9.90. The maximum atomic E-state index is 12.9. The predicted octanol–water partition coefficient (Wildman–Crippen LogP) is 4.23. The van der Waals surface area contributed by atoms with E-state index in [0.29, 0.717) is 11.5 Å². The van der Waals surface area contributed by atoms with Gasteiger partial charge in [-0.05, 0) is 48.2 Å². The molecule has 1 heterocycles. The molecule has 31 heavy (non-hydrogen) atoms. The topological polar surface area (TPSA) is 78.5 Å². The average molecular weight is 433 g/mol. The first-order chi connectivity index (χ1) is 14.4. The second-order valence-corrected chi connectivity index (χ2v) is 7.85. The second-order valence-electron chi connectivity index (χ2n) is 7.85. The van der Waals surface area contributed by atoms with Gasteiger partial charge < -0.3 is 10.6 Å². The Balaban J connectivity index is 1.70. The third-order valence-corrected chi connectivity index (χ3v) is 5.23. The molecule has 0 spiro atoms. The van der Waals surface area contributed by atoms with Crippen LogP contribution in [0.25, 0.3) is 0 Å². The lowest BCUT2D eigenvalue weighted by Crippen LogP contribution is -2.42. The number of carbonyl (C=O) groups excluding carboxylic acids is 3. The Morgan fingerprint density at radius 3 is 2.16 bits per heavy atom. The van der Waals surface area contributed by atoms with Crippen LogP contribution in [-0.2, 0) is 21.3 Å². The van der Waals surface area contributed by atoms with Gasteiger partial charge in [0.25, 0.3) is 5.91 Å². The molecule has 2 aromatic rings. The van der Waals surface area contributed by atoms with Crippen molar-refractivity contribution in [2.24, 2.45) is 0 Å². The average Bonchev–Trinajstić information content (AvgIpc) is 2.91. The SMILES string of the molecule is CC(C)c1ccc(C2(C)NC(=O)N(CC(=O)Nc3ccc(C(F)(F)F)cc3)C2=O)cc1. The fourth-order valence-corrected chi connectivity index (χ4v) is 3.32. The molecule has 0 saturated carbocycles. The number of hydrogen-bond acceptors (Lipinski definition) is 3. The molecule has 9 heteroatoms. The van der Waals surface area contributed by atoms with Crippen molar-refractivity contribution in [3.8, 4) is 0 Å². The van der Waals surface area contributed by atoms with Gasteiger partial charge in [0, 0.05) is 5.69 Å². The first kappa shape index (κ1) is 22.3. The highest BCUT2D eigenvalue weighted by atomic mass is 19.4. The van der Waals surface area contributed by atoms with Crippen molar-refractivity contribution in [3.05, 3.63) is 65.2 Å². The molecule has 0 radical (unpaired) electrons. The normalized spacial score (nSPS) is 19.0. The maximum absolute atomic E-state index is 12.9. The summed E-state index contributed by atoms with van der Waals surface area (Å²) in [5.74, 6) is -0.985. The van der Waals surface area contributed by atoms with E-state index >= 15 is 0 Å². The molecule has 1 atom stereocenters. The second kappa shape index (κ2) is 8.05. The van der Waals surface area contributed by atoms with Crippen LogP contribution >= 0.6 is 0 Å². The fourth-order valence-electron chi connectivity index (χ4n) is 3.32. The summed E-state index contributed by atoms with van der Waals surface area (Å²) >= 11 is 0. The highest BCUT2D eigenvalue weighted by molar-refractivity contribution is 6.10. The summed E-state index contributed by atoms with van der Waals surface area (Å²) in [6, 6.07) is 10.4. The molecular formula is C22H22F3N3O3. The molecule has 3 rings (SSSR count). The molecule has 4 amide bonds. The Morgan fingerprint density at radius 1 is 1.06 bits per heavy atom.